The van der Waals surface area contributed by atoms with Crippen molar-refractivity contribution in [2.75, 3.05) is 20.1 Å². The van der Waals surface area contributed by atoms with Crippen LogP contribution in [0.3, 0.4) is 0 Å². The van der Waals surface area contributed by atoms with Gasteiger partial charge in [-0.2, -0.15) is 5.26 Å². The van der Waals surface area contributed by atoms with Gasteiger partial charge >= 0.3 is 0 Å². The number of benzene rings is 1. The first kappa shape index (κ1) is 12.4. The van der Waals surface area contributed by atoms with Gasteiger partial charge in [0, 0.05) is 5.57 Å². The van der Waals surface area contributed by atoms with Gasteiger partial charge in [0.25, 0.3) is 0 Å². The van der Waals surface area contributed by atoms with Crippen molar-refractivity contribution < 1.29 is 9.47 Å². The molecule has 4 heteroatoms. The van der Waals surface area contributed by atoms with Crippen molar-refractivity contribution in [1.29, 1.82) is 5.26 Å². The standard InChI is InChI=1S/C12H12ClNO2/c1-15-11-4-3-9(6-12(11)16-2)5-10(7-13)8-14/h3-6H,7H2,1-2H3. The predicted molar refractivity (Wildman–Crippen MR) is 63.9 cm³/mol. The topological polar surface area (TPSA) is 42.2 Å². The van der Waals surface area contributed by atoms with Crippen molar-refractivity contribution in [2.45, 2.75) is 0 Å². The first-order valence-electron chi connectivity index (χ1n) is 4.63. The van der Waals surface area contributed by atoms with E-state index in [4.69, 9.17) is 26.3 Å². The molecule has 0 unspecified atom stereocenters. The van der Waals surface area contributed by atoms with E-state index in [2.05, 4.69) is 0 Å². The highest BCUT2D eigenvalue weighted by atomic mass is 35.5. The molecule has 0 aromatic heterocycles. The third kappa shape index (κ3) is 2.91. The average Bonchev–Trinajstić information content (AvgIpc) is 2.35. The van der Waals surface area contributed by atoms with Gasteiger partial charge in [-0.1, -0.05) is 6.07 Å². The van der Waals surface area contributed by atoms with Crippen LogP contribution in [-0.2, 0) is 0 Å². The molecule has 0 atom stereocenters. The van der Waals surface area contributed by atoms with Crippen molar-refractivity contribution in [2.24, 2.45) is 0 Å². The van der Waals surface area contributed by atoms with Crippen LogP contribution in [0.5, 0.6) is 11.5 Å². The minimum atomic E-state index is 0.199. The molecule has 0 aliphatic heterocycles. The number of rotatable bonds is 4. The lowest BCUT2D eigenvalue weighted by molar-refractivity contribution is 0.355. The Hall–Kier alpha value is -1.66. The van der Waals surface area contributed by atoms with Crippen LogP contribution in [-0.4, -0.2) is 20.1 Å². The van der Waals surface area contributed by atoms with Crippen molar-refractivity contribution in [3.05, 3.63) is 29.3 Å². The second kappa shape index (κ2) is 6.04. The largest absolute Gasteiger partial charge is 0.493 e. The molecule has 0 heterocycles. The van der Waals surface area contributed by atoms with Gasteiger partial charge in [0.15, 0.2) is 11.5 Å². The minimum absolute atomic E-state index is 0.199. The fourth-order valence-corrected chi connectivity index (χ4v) is 1.38. The van der Waals surface area contributed by atoms with Crippen molar-refractivity contribution in [3.63, 3.8) is 0 Å². The number of nitrogens with zero attached hydrogens (tertiary/aromatic N) is 1. The van der Waals surface area contributed by atoms with Crippen molar-refractivity contribution in [1.82, 2.24) is 0 Å². The van der Waals surface area contributed by atoms with E-state index in [-0.39, 0.29) is 5.88 Å². The number of halogens is 1. The van der Waals surface area contributed by atoms with Crippen LogP contribution in [0.15, 0.2) is 23.8 Å². The van der Waals surface area contributed by atoms with Crippen LogP contribution in [0, 0.1) is 11.3 Å². The second-order valence-corrected chi connectivity index (χ2v) is 3.30. The maximum Gasteiger partial charge on any atom is 0.161 e. The number of ether oxygens (including phenoxy) is 2. The lowest BCUT2D eigenvalue weighted by atomic mass is 10.1. The van der Waals surface area contributed by atoms with E-state index in [9.17, 15) is 0 Å². The fraction of sp³-hybridized carbons (Fsp3) is 0.250. The Balaban J connectivity index is 3.09. The Labute approximate surface area is 99.9 Å². The maximum atomic E-state index is 8.76. The molecule has 1 aromatic carbocycles. The zero-order valence-electron chi connectivity index (χ0n) is 9.16. The van der Waals surface area contributed by atoms with Gasteiger partial charge < -0.3 is 9.47 Å². The van der Waals surface area contributed by atoms with Crippen molar-refractivity contribution >= 4 is 17.7 Å². The molecule has 1 aromatic rings. The quantitative estimate of drug-likeness (QED) is 0.597. The van der Waals surface area contributed by atoms with Gasteiger partial charge in [-0.3, -0.25) is 0 Å². The molecule has 0 radical (unpaired) electrons. The lowest BCUT2D eigenvalue weighted by Crippen LogP contribution is -1.91. The van der Waals surface area contributed by atoms with E-state index in [1.54, 1.807) is 32.4 Å². The van der Waals surface area contributed by atoms with Crippen LogP contribution in [0.2, 0.25) is 0 Å². The molecule has 0 spiro atoms. The number of methoxy groups -OCH3 is 2. The minimum Gasteiger partial charge on any atom is -0.493 e. The highest BCUT2D eigenvalue weighted by Gasteiger charge is 2.03. The summed E-state index contributed by atoms with van der Waals surface area (Å²) < 4.78 is 10.3. The van der Waals surface area contributed by atoms with Crippen LogP contribution in [0.4, 0.5) is 0 Å². The summed E-state index contributed by atoms with van der Waals surface area (Å²) in [7, 11) is 3.14. The molecule has 1 rings (SSSR count). The Morgan fingerprint density at radius 1 is 1.38 bits per heavy atom. The van der Waals surface area contributed by atoms with Gasteiger partial charge in [0.2, 0.25) is 0 Å². The Morgan fingerprint density at radius 2 is 2.06 bits per heavy atom. The molecular formula is C12H12ClNO2. The zero-order valence-corrected chi connectivity index (χ0v) is 9.91. The maximum absolute atomic E-state index is 8.76. The van der Waals surface area contributed by atoms with E-state index in [0.717, 1.165) is 5.56 Å². The van der Waals surface area contributed by atoms with Gasteiger partial charge in [-0.25, -0.2) is 0 Å². The Kier molecular flexibility index (Phi) is 4.68. The average molecular weight is 238 g/mol. The number of alkyl halides is 1. The van der Waals surface area contributed by atoms with Gasteiger partial charge in [0.05, 0.1) is 26.2 Å². The summed E-state index contributed by atoms with van der Waals surface area (Å²) in [4.78, 5) is 0. The normalized spacial score (nSPS) is 10.8. The lowest BCUT2D eigenvalue weighted by Gasteiger charge is -2.07. The molecule has 0 aliphatic rings. The molecule has 0 bridgehead atoms. The van der Waals surface area contributed by atoms with E-state index < -0.39 is 0 Å². The number of hydrogen-bond acceptors (Lipinski definition) is 3. The van der Waals surface area contributed by atoms with E-state index >= 15 is 0 Å². The summed E-state index contributed by atoms with van der Waals surface area (Å²) in [6, 6.07) is 7.44. The molecule has 0 N–H and O–H groups in total. The summed E-state index contributed by atoms with van der Waals surface area (Å²) >= 11 is 5.60. The third-order valence-electron chi connectivity index (χ3n) is 2.04. The molecule has 0 fully saturated rings. The summed E-state index contributed by atoms with van der Waals surface area (Å²) in [5, 5.41) is 8.76. The molecule has 0 amide bonds. The van der Waals surface area contributed by atoms with E-state index in [1.807, 2.05) is 12.1 Å². The monoisotopic (exact) mass is 237 g/mol. The summed E-state index contributed by atoms with van der Waals surface area (Å²) in [6.45, 7) is 0. The highest BCUT2D eigenvalue weighted by molar-refractivity contribution is 6.20. The van der Waals surface area contributed by atoms with Crippen LogP contribution in [0.25, 0.3) is 6.08 Å². The smallest absolute Gasteiger partial charge is 0.161 e. The molecule has 0 saturated heterocycles. The Morgan fingerprint density at radius 3 is 2.56 bits per heavy atom. The Bertz CT molecular complexity index is 435. The first-order chi connectivity index (χ1) is 7.74. The predicted octanol–water partition coefficient (Wildman–Crippen LogP) is 2.85. The number of nitriles is 1. The molecular weight excluding hydrogens is 226 g/mol. The number of hydrogen-bond donors (Lipinski definition) is 0. The molecule has 16 heavy (non-hydrogen) atoms. The van der Waals surface area contributed by atoms with E-state index in [1.165, 1.54) is 0 Å². The van der Waals surface area contributed by atoms with Crippen LogP contribution >= 0.6 is 11.6 Å². The SMILES string of the molecule is COc1ccc(C=C(C#N)CCl)cc1OC. The molecule has 0 saturated carbocycles. The summed E-state index contributed by atoms with van der Waals surface area (Å²) in [5.41, 5.74) is 1.36. The third-order valence-corrected chi connectivity index (χ3v) is 2.32. The second-order valence-electron chi connectivity index (χ2n) is 3.03. The summed E-state index contributed by atoms with van der Waals surface area (Å²) in [5.74, 6) is 1.48. The molecule has 3 nitrogen and oxygen atoms in total. The van der Waals surface area contributed by atoms with Gasteiger partial charge in [-0.15, -0.1) is 11.6 Å². The van der Waals surface area contributed by atoms with Gasteiger partial charge in [0.1, 0.15) is 0 Å². The molecule has 0 aliphatic carbocycles. The first-order valence-corrected chi connectivity index (χ1v) is 5.17. The van der Waals surface area contributed by atoms with Crippen LogP contribution < -0.4 is 9.47 Å². The van der Waals surface area contributed by atoms with Crippen LogP contribution in [0.1, 0.15) is 5.56 Å². The zero-order chi connectivity index (χ0) is 12.0. The summed E-state index contributed by atoms with van der Waals surface area (Å²) in [6.07, 6.45) is 1.72. The number of allylic oxidation sites excluding steroid dienone is 1. The van der Waals surface area contributed by atoms with E-state index in [0.29, 0.717) is 17.1 Å². The van der Waals surface area contributed by atoms with Crippen molar-refractivity contribution in [3.8, 4) is 17.6 Å². The van der Waals surface area contributed by atoms with Gasteiger partial charge in [-0.05, 0) is 23.8 Å². The highest BCUT2D eigenvalue weighted by Crippen LogP contribution is 2.28. The molecule has 84 valence electrons. The fourth-order valence-electron chi connectivity index (χ4n) is 1.24.